The van der Waals surface area contributed by atoms with Crippen molar-refractivity contribution >= 4 is 44.3 Å². The van der Waals surface area contributed by atoms with E-state index >= 15 is 0 Å². The van der Waals surface area contributed by atoms with Gasteiger partial charge in [-0.3, -0.25) is 0 Å². The van der Waals surface area contributed by atoms with E-state index in [1.165, 1.54) is 66.3 Å². The van der Waals surface area contributed by atoms with Gasteiger partial charge in [-0.2, -0.15) is 0 Å². The molecular formula is C48H35N3. The fourth-order valence-electron chi connectivity index (χ4n) is 8.80. The fraction of sp³-hybridized carbons (Fsp3) is 0.0417. The first-order chi connectivity index (χ1) is 25.1. The van der Waals surface area contributed by atoms with Crippen LogP contribution in [-0.2, 0) is 5.41 Å². The molecule has 8 aromatic carbocycles. The number of nitrogens with zero attached hydrogens (tertiary/aromatic N) is 1. The Bertz CT molecular complexity index is 2590. The van der Waals surface area contributed by atoms with E-state index in [2.05, 4.69) is 150 Å². The van der Waals surface area contributed by atoms with Crippen LogP contribution in [0.25, 0.3) is 38.4 Å². The molecule has 2 aliphatic rings. The highest BCUT2D eigenvalue weighted by atomic mass is 15.2. The van der Waals surface area contributed by atoms with Gasteiger partial charge in [0.05, 0.1) is 22.8 Å². The topological polar surface area (TPSA) is 55.3 Å². The third-order valence-corrected chi connectivity index (χ3v) is 11.0. The van der Waals surface area contributed by atoms with Crippen molar-refractivity contribution in [3.8, 4) is 11.1 Å². The number of rotatable bonds is 4. The molecule has 0 saturated heterocycles. The van der Waals surface area contributed by atoms with E-state index in [9.17, 15) is 0 Å². The van der Waals surface area contributed by atoms with Crippen LogP contribution in [0.15, 0.2) is 182 Å². The zero-order valence-corrected chi connectivity index (χ0v) is 28.0. The van der Waals surface area contributed by atoms with Gasteiger partial charge in [-0.1, -0.05) is 158 Å². The smallest absolute Gasteiger partial charge is 0.0754 e. The number of para-hydroxylation sites is 1. The first kappa shape index (κ1) is 29.5. The Hall–Kier alpha value is -6.42. The fourth-order valence-corrected chi connectivity index (χ4v) is 8.80. The van der Waals surface area contributed by atoms with Crippen molar-refractivity contribution < 1.29 is 0 Å². The summed E-state index contributed by atoms with van der Waals surface area (Å²) in [5.74, 6) is 0. The van der Waals surface area contributed by atoms with Gasteiger partial charge in [0, 0.05) is 22.2 Å². The van der Waals surface area contributed by atoms with Gasteiger partial charge in [-0.25, -0.2) is 0 Å². The number of fused-ring (bicyclic) bond motifs is 13. The third-order valence-electron chi connectivity index (χ3n) is 11.0. The maximum atomic E-state index is 6.91. The first-order valence-corrected chi connectivity index (χ1v) is 17.6. The number of hydrogen-bond donors (Lipinski definition) is 2. The quantitative estimate of drug-likeness (QED) is 0.199. The highest BCUT2D eigenvalue weighted by Gasteiger charge is 2.52. The van der Waals surface area contributed by atoms with Crippen LogP contribution >= 0.6 is 0 Å². The average molecular weight is 654 g/mol. The lowest BCUT2D eigenvalue weighted by Crippen LogP contribution is -2.36. The Balaban J connectivity index is 1.31. The number of benzene rings is 8. The van der Waals surface area contributed by atoms with Crippen LogP contribution in [0.1, 0.15) is 39.4 Å². The van der Waals surface area contributed by atoms with E-state index in [4.69, 9.17) is 11.5 Å². The number of anilines is 3. The van der Waals surface area contributed by atoms with Crippen molar-refractivity contribution in [2.75, 3.05) is 4.90 Å². The van der Waals surface area contributed by atoms with Crippen molar-refractivity contribution in [1.82, 2.24) is 0 Å². The van der Waals surface area contributed by atoms with Gasteiger partial charge in [0.1, 0.15) is 0 Å². The molecule has 1 heterocycles. The van der Waals surface area contributed by atoms with Crippen LogP contribution in [0.4, 0.5) is 17.1 Å². The lowest BCUT2D eigenvalue weighted by molar-refractivity contribution is 0.755. The lowest BCUT2D eigenvalue weighted by Gasteiger charge is -2.46. The number of hydrogen-bond acceptors (Lipinski definition) is 3. The summed E-state index contributed by atoms with van der Waals surface area (Å²) in [7, 11) is 0. The number of nitrogens with two attached hydrogens (primary N) is 2. The summed E-state index contributed by atoms with van der Waals surface area (Å²) in [6.45, 7) is 0. The molecule has 1 atom stereocenters. The SMILES string of the molecule is N/C(=C\C(N)c1ccc2c(c1)-c1ccccc1C21c2ccc3ccccc3c2N(c2ccccc2)c2c1ccc1ccccc21)c1ccccc1. The van der Waals surface area contributed by atoms with Crippen LogP contribution in [0, 0.1) is 0 Å². The Labute approximate surface area is 297 Å². The second kappa shape index (κ2) is 11.3. The summed E-state index contributed by atoms with van der Waals surface area (Å²) in [6, 6.07) is 63.2. The van der Waals surface area contributed by atoms with E-state index in [0.717, 1.165) is 16.8 Å². The van der Waals surface area contributed by atoms with Crippen molar-refractivity contribution in [2.45, 2.75) is 11.5 Å². The van der Waals surface area contributed by atoms with Crippen molar-refractivity contribution in [1.29, 1.82) is 0 Å². The van der Waals surface area contributed by atoms with Gasteiger partial charge in [0.25, 0.3) is 0 Å². The monoisotopic (exact) mass is 653 g/mol. The van der Waals surface area contributed by atoms with Crippen molar-refractivity contribution in [3.05, 3.63) is 215 Å². The second-order valence-electron chi connectivity index (χ2n) is 13.7. The minimum absolute atomic E-state index is 0.369. The van der Waals surface area contributed by atoms with Crippen LogP contribution in [-0.4, -0.2) is 0 Å². The molecule has 1 unspecified atom stereocenters. The van der Waals surface area contributed by atoms with Gasteiger partial charge < -0.3 is 16.4 Å². The Morgan fingerprint density at radius 3 is 1.71 bits per heavy atom. The summed E-state index contributed by atoms with van der Waals surface area (Å²) in [6.07, 6.45) is 1.97. The van der Waals surface area contributed by atoms with Gasteiger partial charge in [0.15, 0.2) is 0 Å². The molecule has 1 aliphatic carbocycles. The van der Waals surface area contributed by atoms with Gasteiger partial charge in [-0.15, -0.1) is 0 Å². The minimum Gasteiger partial charge on any atom is -0.398 e. The first-order valence-electron chi connectivity index (χ1n) is 17.6. The summed E-state index contributed by atoms with van der Waals surface area (Å²) in [4.78, 5) is 2.52. The van der Waals surface area contributed by atoms with Crippen molar-refractivity contribution in [3.63, 3.8) is 0 Å². The molecule has 1 aliphatic heterocycles. The Morgan fingerprint density at radius 1 is 0.510 bits per heavy atom. The van der Waals surface area contributed by atoms with Gasteiger partial charge >= 0.3 is 0 Å². The summed E-state index contributed by atoms with van der Waals surface area (Å²) >= 11 is 0. The zero-order valence-electron chi connectivity index (χ0n) is 28.0. The largest absolute Gasteiger partial charge is 0.398 e. The van der Waals surface area contributed by atoms with E-state index in [0.29, 0.717) is 5.70 Å². The molecule has 3 heteroatoms. The molecule has 0 bridgehead atoms. The molecule has 3 nitrogen and oxygen atoms in total. The van der Waals surface area contributed by atoms with Crippen molar-refractivity contribution in [2.24, 2.45) is 11.5 Å². The van der Waals surface area contributed by atoms with Crippen LogP contribution < -0.4 is 16.4 Å². The second-order valence-corrected chi connectivity index (χ2v) is 13.7. The molecule has 51 heavy (non-hydrogen) atoms. The van der Waals surface area contributed by atoms with E-state index < -0.39 is 5.41 Å². The molecule has 242 valence electrons. The Morgan fingerprint density at radius 2 is 1.04 bits per heavy atom. The van der Waals surface area contributed by atoms with Crippen LogP contribution in [0.3, 0.4) is 0 Å². The predicted molar refractivity (Wildman–Crippen MR) is 213 cm³/mol. The molecule has 8 aromatic rings. The maximum Gasteiger partial charge on any atom is 0.0754 e. The lowest BCUT2D eigenvalue weighted by atomic mass is 9.63. The minimum atomic E-state index is -0.572. The molecule has 4 N–H and O–H groups in total. The third kappa shape index (κ3) is 4.22. The van der Waals surface area contributed by atoms with E-state index in [1.54, 1.807) is 0 Å². The molecule has 0 fully saturated rings. The molecule has 10 rings (SSSR count). The molecule has 0 amide bonds. The van der Waals surface area contributed by atoms with E-state index in [1.807, 2.05) is 36.4 Å². The standard InChI is InChI=1S/C48H35N3/c49-44(33-15-3-1-4-16-33)30-45(50)34-25-26-41-39(29-34)38-21-11-12-22-40(38)48(41)42-27-23-31-13-7-9-19-36(31)46(42)51(35-17-5-2-6-18-35)47-37-20-10-8-14-32(37)24-28-43(47)48/h1-30,45H,49-50H2/b44-30-. The predicted octanol–water partition coefficient (Wildman–Crippen LogP) is 11.1. The highest BCUT2D eigenvalue weighted by molar-refractivity contribution is 6.11. The summed E-state index contributed by atoms with van der Waals surface area (Å²) in [5.41, 5.74) is 26.7. The highest BCUT2D eigenvalue weighted by Crippen LogP contribution is 2.65. The van der Waals surface area contributed by atoms with Gasteiger partial charge in [-0.05, 0) is 79.6 Å². The molecule has 0 saturated carbocycles. The molecule has 0 radical (unpaired) electrons. The summed E-state index contributed by atoms with van der Waals surface area (Å²) < 4.78 is 0. The van der Waals surface area contributed by atoms with Crippen LogP contribution in [0.2, 0.25) is 0 Å². The molecular weight excluding hydrogens is 619 g/mol. The molecule has 0 aromatic heterocycles. The normalized spacial score (nSPS) is 14.6. The maximum absolute atomic E-state index is 6.91. The Kier molecular flexibility index (Phi) is 6.54. The summed E-state index contributed by atoms with van der Waals surface area (Å²) in [5, 5.41) is 4.88. The average Bonchev–Trinajstić information content (AvgIpc) is 3.48. The van der Waals surface area contributed by atoms with E-state index in [-0.39, 0.29) is 6.04 Å². The molecule has 1 spiro atoms. The van der Waals surface area contributed by atoms with Gasteiger partial charge in [0.2, 0.25) is 0 Å². The zero-order chi connectivity index (χ0) is 34.1. The van der Waals surface area contributed by atoms with Crippen LogP contribution in [0.5, 0.6) is 0 Å².